The summed E-state index contributed by atoms with van der Waals surface area (Å²) >= 11 is 0. The van der Waals surface area contributed by atoms with E-state index in [1.54, 1.807) is 72.8 Å². The SMILES string of the molecule is FC(F)(F)Oc1cccc(Oc2cccc3c2CC[C@H]3Oc2ccc(O[B]Oc3ccc(O[C@@H]4CCc5c(Oc6cccc(OC(F)(F)F)c6)cccc54)cc3)cc2)c1. The second-order valence-corrected chi connectivity index (χ2v) is 13.5. The lowest BCUT2D eigenvalue weighted by molar-refractivity contribution is -0.275. The van der Waals surface area contributed by atoms with Gasteiger partial charge in [0.25, 0.3) is 0 Å². The first-order valence-corrected chi connectivity index (χ1v) is 18.4. The zero-order valence-corrected chi connectivity index (χ0v) is 30.8. The summed E-state index contributed by atoms with van der Waals surface area (Å²) in [6.45, 7) is 0. The van der Waals surface area contributed by atoms with Crippen LogP contribution in [0.3, 0.4) is 0 Å². The fourth-order valence-corrected chi connectivity index (χ4v) is 6.98. The summed E-state index contributed by atoms with van der Waals surface area (Å²) < 4.78 is 120. The number of alkyl halides is 6. The maximum atomic E-state index is 12.7. The van der Waals surface area contributed by atoms with E-state index in [0.29, 0.717) is 60.2 Å². The Bertz CT molecular complexity index is 2220. The summed E-state index contributed by atoms with van der Waals surface area (Å²) in [7, 11) is 1.21. The minimum absolute atomic E-state index is 0.221. The van der Waals surface area contributed by atoms with Gasteiger partial charge in [-0.3, -0.25) is 0 Å². The molecule has 301 valence electrons. The molecule has 0 fully saturated rings. The topological polar surface area (TPSA) is 73.8 Å². The lowest BCUT2D eigenvalue weighted by Crippen LogP contribution is -2.17. The van der Waals surface area contributed by atoms with Crippen molar-refractivity contribution in [3.8, 4) is 57.5 Å². The van der Waals surface area contributed by atoms with Crippen molar-refractivity contribution in [3.63, 3.8) is 0 Å². The van der Waals surface area contributed by atoms with Crippen LogP contribution < -0.4 is 37.7 Å². The molecule has 0 N–H and O–H groups in total. The number of hydrogen-bond acceptors (Lipinski definition) is 8. The lowest BCUT2D eigenvalue weighted by atomic mass is 10.1. The number of benzene rings is 6. The standard InChI is InChI=1S/C44H32BF6O8/c46-43(47,48)56-33-7-1-5-31(25-33)54-39-11-3-9-35-37(39)21-23-41(35)52-27-13-17-29(18-14-27)58-45-59-30-19-15-28(16-20-30)53-42-24-22-38-36(42)10-4-12-40(38)55-32-6-2-8-34(26-32)57-44(49,50)51/h1-20,25-26,41-42H,21-24H2/t41-,42-/m1/s1. The molecule has 1 radical (unpaired) electrons. The largest absolute Gasteiger partial charge is 0.658 e. The smallest absolute Gasteiger partial charge is 0.526 e. The van der Waals surface area contributed by atoms with Crippen molar-refractivity contribution in [2.75, 3.05) is 0 Å². The number of rotatable bonds is 14. The van der Waals surface area contributed by atoms with Gasteiger partial charge in [0.2, 0.25) is 0 Å². The second kappa shape index (κ2) is 16.7. The van der Waals surface area contributed by atoms with Crippen molar-refractivity contribution in [1.82, 2.24) is 0 Å². The minimum Gasteiger partial charge on any atom is -0.526 e. The van der Waals surface area contributed by atoms with Gasteiger partial charge in [0, 0.05) is 23.3 Å². The van der Waals surface area contributed by atoms with E-state index >= 15 is 0 Å². The maximum Gasteiger partial charge on any atom is 0.658 e. The van der Waals surface area contributed by atoms with E-state index in [2.05, 4.69) is 9.47 Å². The highest BCUT2D eigenvalue weighted by molar-refractivity contribution is 6.20. The highest BCUT2D eigenvalue weighted by Gasteiger charge is 2.33. The molecule has 0 bridgehead atoms. The number of hydrogen-bond donors (Lipinski definition) is 0. The van der Waals surface area contributed by atoms with Gasteiger partial charge < -0.3 is 37.7 Å². The highest BCUT2D eigenvalue weighted by Crippen LogP contribution is 2.43. The van der Waals surface area contributed by atoms with Gasteiger partial charge in [0.15, 0.2) is 0 Å². The van der Waals surface area contributed by atoms with Gasteiger partial charge in [-0.25, -0.2) is 0 Å². The molecule has 0 saturated carbocycles. The molecule has 0 amide bonds. The van der Waals surface area contributed by atoms with Crippen LogP contribution in [-0.4, -0.2) is 20.4 Å². The number of halogens is 6. The van der Waals surface area contributed by atoms with Crippen LogP contribution in [0.25, 0.3) is 0 Å². The average Bonchev–Trinajstić information content (AvgIpc) is 3.80. The molecule has 8 rings (SSSR count). The van der Waals surface area contributed by atoms with Crippen LogP contribution in [-0.2, 0) is 12.8 Å². The van der Waals surface area contributed by atoms with Gasteiger partial charge >= 0.3 is 20.4 Å². The summed E-state index contributed by atoms with van der Waals surface area (Å²) in [4.78, 5) is 0. The Morgan fingerprint density at radius 2 is 0.797 bits per heavy atom. The summed E-state index contributed by atoms with van der Waals surface area (Å²) in [6, 6.07) is 35.9. The third-order valence-corrected chi connectivity index (χ3v) is 9.45. The van der Waals surface area contributed by atoms with Gasteiger partial charge in [-0.2, -0.15) is 0 Å². The lowest BCUT2D eigenvalue weighted by Gasteiger charge is -2.17. The van der Waals surface area contributed by atoms with Crippen molar-refractivity contribution >= 4 is 7.69 Å². The molecule has 15 heteroatoms. The van der Waals surface area contributed by atoms with Crippen molar-refractivity contribution in [2.45, 2.75) is 50.6 Å². The van der Waals surface area contributed by atoms with E-state index in [1.165, 1.54) is 44.1 Å². The Morgan fingerprint density at radius 3 is 1.20 bits per heavy atom. The van der Waals surface area contributed by atoms with Gasteiger partial charge in [-0.1, -0.05) is 36.4 Å². The highest BCUT2D eigenvalue weighted by atomic mass is 19.4. The molecule has 59 heavy (non-hydrogen) atoms. The van der Waals surface area contributed by atoms with Crippen LogP contribution in [0.4, 0.5) is 26.3 Å². The summed E-state index contributed by atoms with van der Waals surface area (Å²) in [5, 5.41) is 0. The van der Waals surface area contributed by atoms with E-state index < -0.39 is 12.7 Å². The van der Waals surface area contributed by atoms with Gasteiger partial charge in [-0.15, -0.1) is 26.3 Å². The molecule has 0 unspecified atom stereocenters. The summed E-state index contributed by atoms with van der Waals surface area (Å²) in [5.74, 6) is 3.05. The first-order valence-electron chi connectivity index (χ1n) is 18.4. The molecule has 8 nitrogen and oxygen atoms in total. The minimum atomic E-state index is -4.80. The monoisotopic (exact) mass is 813 g/mol. The van der Waals surface area contributed by atoms with E-state index in [1.807, 2.05) is 24.3 Å². The Balaban J connectivity index is 0.807. The Labute approximate surface area is 335 Å². The average molecular weight is 814 g/mol. The third-order valence-electron chi connectivity index (χ3n) is 9.45. The van der Waals surface area contributed by atoms with Crippen molar-refractivity contribution in [3.05, 3.63) is 156 Å². The second-order valence-electron chi connectivity index (χ2n) is 13.5. The van der Waals surface area contributed by atoms with Crippen molar-refractivity contribution < 1.29 is 64.1 Å². The zero-order chi connectivity index (χ0) is 41.0. The Kier molecular flexibility index (Phi) is 11.1. The predicted octanol–water partition coefficient (Wildman–Crippen LogP) is 12.2. The fourth-order valence-electron chi connectivity index (χ4n) is 6.98. The molecule has 6 aromatic carbocycles. The van der Waals surface area contributed by atoms with E-state index in [-0.39, 0.29) is 35.2 Å². The molecule has 0 saturated heterocycles. The van der Waals surface area contributed by atoms with E-state index in [0.717, 1.165) is 22.3 Å². The van der Waals surface area contributed by atoms with E-state index in [9.17, 15) is 26.3 Å². The molecular weight excluding hydrogens is 781 g/mol. The normalized spacial score (nSPS) is 15.7. The first kappa shape index (κ1) is 39.2. The number of ether oxygens (including phenoxy) is 6. The van der Waals surface area contributed by atoms with Crippen molar-refractivity contribution in [2.24, 2.45) is 0 Å². The Morgan fingerprint density at radius 1 is 0.424 bits per heavy atom. The van der Waals surface area contributed by atoms with Gasteiger partial charge in [-0.05, 0) is 122 Å². The quantitative estimate of drug-likeness (QED) is 0.0795. The van der Waals surface area contributed by atoms with E-state index in [4.69, 9.17) is 28.3 Å². The molecule has 0 aliphatic heterocycles. The molecule has 2 aliphatic rings. The third kappa shape index (κ3) is 10.1. The Hall–Kier alpha value is -6.64. The molecule has 0 spiro atoms. The van der Waals surface area contributed by atoms with Crippen LogP contribution in [0.1, 0.15) is 47.3 Å². The molecule has 0 aromatic heterocycles. The first-order chi connectivity index (χ1) is 28.4. The van der Waals surface area contributed by atoms with Crippen molar-refractivity contribution in [1.29, 1.82) is 0 Å². The van der Waals surface area contributed by atoms with Gasteiger partial charge in [0.1, 0.15) is 69.7 Å². The van der Waals surface area contributed by atoms with Crippen LogP contribution in [0.5, 0.6) is 57.5 Å². The fraction of sp³-hybridized carbons (Fsp3) is 0.182. The predicted molar refractivity (Wildman–Crippen MR) is 203 cm³/mol. The van der Waals surface area contributed by atoms with Crippen LogP contribution in [0, 0.1) is 0 Å². The maximum absolute atomic E-state index is 12.7. The molecule has 2 atom stereocenters. The van der Waals surface area contributed by atoms with Crippen LogP contribution >= 0.6 is 0 Å². The zero-order valence-electron chi connectivity index (χ0n) is 30.8. The number of fused-ring (bicyclic) bond motifs is 2. The molecule has 2 aliphatic carbocycles. The van der Waals surface area contributed by atoms with Gasteiger partial charge in [0.05, 0.1) is 0 Å². The summed E-state index contributed by atoms with van der Waals surface area (Å²) in [5.41, 5.74) is 3.70. The molecular formula is C44H32BF6O8. The summed E-state index contributed by atoms with van der Waals surface area (Å²) in [6.07, 6.45) is -7.42. The van der Waals surface area contributed by atoms with Crippen LogP contribution in [0.15, 0.2) is 133 Å². The molecule has 0 heterocycles. The molecule has 6 aromatic rings. The van der Waals surface area contributed by atoms with Crippen LogP contribution in [0.2, 0.25) is 0 Å².